The summed E-state index contributed by atoms with van der Waals surface area (Å²) in [5.74, 6) is 0.859. The number of benzene rings is 1. The van der Waals surface area contributed by atoms with Crippen LogP contribution in [0.4, 0.5) is 0 Å². The van der Waals surface area contributed by atoms with Crippen molar-refractivity contribution in [1.82, 2.24) is 15.5 Å². The first kappa shape index (κ1) is 19.7. The van der Waals surface area contributed by atoms with Crippen molar-refractivity contribution in [3.05, 3.63) is 35.4 Å². The van der Waals surface area contributed by atoms with E-state index >= 15 is 0 Å². The molecule has 2 N–H and O–H groups in total. The molecular weight excluding hydrogens is 312 g/mol. The molecule has 1 heterocycles. The first-order chi connectivity index (χ1) is 12.0. The Morgan fingerprint density at radius 3 is 2.72 bits per heavy atom. The molecule has 5 heteroatoms. The highest BCUT2D eigenvalue weighted by Gasteiger charge is 2.29. The molecule has 25 heavy (non-hydrogen) atoms. The molecule has 1 aliphatic heterocycles. The smallest absolute Gasteiger partial charge is 0.191 e. The maximum atomic E-state index is 5.20. The molecule has 1 aromatic rings. The number of ether oxygens (including phenoxy) is 1. The largest absolute Gasteiger partial charge is 0.383 e. The number of nitrogens with zero attached hydrogens (tertiary/aromatic N) is 2. The third-order valence-corrected chi connectivity index (χ3v) is 4.75. The number of hydrogen-bond donors (Lipinski definition) is 2. The molecule has 0 saturated heterocycles. The molecule has 0 radical (unpaired) electrons. The minimum atomic E-state index is 0.0143. The van der Waals surface area contributed by atoms with Crippen LogP contribution in [-0.4, -0.2) is 55.8 Å². The average molecular weight is 347 g/mol. The molecule has 0 aliphatic carbocycles. The van der Waals surface area contributed by atoms with E-state index in [1.165, 1.54) is 11.1 Å². The summed E-state index contributed by atoms with van der Waals surface area (Å²) in [5.41, 5.74) is 2.95. The predicted octanol–water partition coefficient (Wildman–Crippen LogP) is 2.41. The Balaban J connectivity index is 2.01. The maximum Gasteiger partial charge on any atom is 0.191 e. The molecule has 1 unspecified atom stereocenters. The van der Waals surface area contributed by atoms with Gasteiger partial charge in [-0.25, -0.2) is 0 Å². The number of rotatable bonds is 7. The van der Waals surface area contributed by atoms with Crippen LogP contribution in [0.5, 0.6) is 0 Å². The van der Waals surface area contributed by atoms with E-state index in [-0.39, 0.29) is 11.6 Å². The van der Waals surface area contributed by atoms with Crippen LogP contribution in [0.3, 0.4) is 0 Å². The van der Waals surface area contributed by atoms with E-state index in [4.69, 9.17) is 9.73 Å². The summed E-state index contributed by atoms with van der Waals surface area (Å²) in [7, 11) is 1.72. The van der Waals surface area contributed by atoms with Gasteiger partial charge in [-0.15, -0.1) is 0 Å². The molecule has 2 rings (SSSR count). The number of hydrogen-bond acceptors (Lipinski definition) is 3. The average Bonchev–Trinajstić information content (AvgIpc) is 2.60. The van der Waals surface area contributed by atoms with Crippen molar-refractivity contribution in [3.8, 4) is 0 Å². The number of aliphatic imine (C=N–C) groups is 1. The van der Waals surface area contributed by atoms with Gasteiger partial charge in [0.15, 0.2) is 5.96 Å². The zero-order valence-corrected chi connectivity index (χ0v) is 16.4. The summed E-state index contributed by atoms with van der Waals surface area (Å²) in [6, 6.07) is 9.01. The Hall–Kier alpha value is -1.59. The van der Waals surface area contributed by atoms with Gasteiger partial charge in [-0.3, -0.25) is 9.89 Å². The first-order valence-electron chi connectivity index (χ1n) is 9.32. The fourth-order valence-electron chi connectivity index (χ4n) is 3.23. The highest BCUT2D eigenvalue weighted by Crippen LogP contribution is 2.25. The molecule has 5 nitrogen and oxygen atoms in total. The predicted molar refractivity (Wildman–Crippen MR) is 105 cm³/mol. The van der Waals surface area contributed by atoms with E-state index in [0.717, 1.165) is 38.6 Å². The second kappa shape index (κ2) is 9.20. The van der Waals surface area contributed by atoms with Crippen LogP contribution in [0.1, 0.15) is 38.8 Å². The lowest BCUT2D eigenvalue weighted by molar-refractivity contribution is 0.111. The van der Waals surface area contributed by atoms with Crippen LogP contribution in [0.25, 0.3) is 0 Å². The Kier molecular flexibility index (Phi) is 7.26. The zero-order chi connectivity index (χ0) is 18.3. The van der Waals surface area contributed by atoms with E-state index in [1.807, 2.05) is 0 Å². The van der Waals surface area contributed by atoms with Crippen molar-refractivity contribution in [2.75, 3.05) is 33.4 Å². The molecule has 0 bridgehead atoms. The van der Waals surface area contributed by atoms with E-state index in [1.54, 1.807) is 7.11 Å². The van der Waals surface area contributed by atoms with Gasteiger partial charge < -0.3 is 15.4 Å². The van der Waals surface area contributed by atoms with Crippen molar-refractivity contribution in [3.63, 3.8) is 0 Å². The van der Waals surface area contributed by atoms with Crippen LogP contribution in [0, 0.1) is 0 Å². The molecule has 1 aromatic carbocycles. The van der Waals surface area contributed by atoms with Crippen molar-refractivity contribution in [2.24, 2.45) is 4.99 Å². The van der Waals surface area contributed by atoms with Crippen LogP contribution >= 0.6 is 0 Å². The molecule has 0 spiro atoms. The minimum absolute atomic E-state index is 0.0143. The standard InChI is InChI=1S/C20H34N4O/c1-6-21-19(23-16(2)14-25-5)22-15-20(3,4)24-12-11-17-9-7-8-10-18(17)13-24/h7-10,16H,6,11-15H2,1-5H3,(H2,21,22,23). The molecule has 1 aliphatic rings. The van der Waals surface area contributed by atoms with Gasteiger partial charge in [-0.1, -0.05) is 24.3 Å². The van der Waals surface area contributed by atoms with Gasteiger partial charge in [-0.05, 0) is 45.2 Å². The van der Waals surface area contributed by atoms with Crippen molar-refractivity contribution in [2.45, 2.75) is 52.2 Å². The topological polar surface area (TPSA) is 48.9 Å². The quantitative estimate of drug-likeness (QED) is 0.588. The lowest BCUT2D eigenvalue weighted by atomic mass is 9.94. The SMILES string of the molecule is CCNC(=NCC(C)(C)N1CCc2ccccc2C1)NC(C)COC. The third kappa shape index (κ3) is 5.72. The monoisotopic (exact) mass is 346 g/mol. The van der Waals surface area contributed by atoms with Crippen LogP contribution in [0.2, 0.25) is 0 Å². The number of guanidine groups is 1. The number of fused-ring (bicyclic) bond motifs is 1. The maximum absolute atomic E-state index is 5.20. The molecule has 0 saturated carbocycles. The van der Waals surface area contributed by atoms with Gasteiger partial charge in [-0.2, -0.15) is 0 Å². The molecule has 0 aromatic heterocycles. The summed E-state index contributed by atoms with van der Waals surface area (Å²) in [6.07, 6.45) is 1.12. The summed E-state index contributed by atoms with van der Waals surface area (Å²) in [6.45, 7) is 13.1. The van der Waals surface area contributed by atoms with Crippen molar-refractivity contribution in [1.29, 1.82) is 0 Å². The van der Waals surface area contributed by atoms with Gasteiger partial charge in [0.1, 0.15) is 0 Å². The Morgan fingerprint density at radius 1 is 1.32 bits per heavy atom. The highest BCUT2D eigenvalue weighted by molar-refractivity contribution is 5.80. The van der Waals surface area contributed by atoms with Crippen molar-refractivity contribution < 1.29 is 4.74 Å². The number of nitrogens with one attached hydrogen (secondary N) is 2. The molecule has 0 amide bonds. The van der Waals surface area contributed by atoms with Crippen LogP contribution in [-0.2, 0) is 17.7 Å². The first-order valence-corrected chi connectivity index (χ1v) is 9.32. The Bertz CT molecular complexity index is 571. The third-order valence-electron chi connectivity index (χ3n) is 4.75. The van der Waals surface area contributed by atoms with Crippen LogP contribution in [0.15, 0.2) is 29.3 Å². The van der Waals surface area contributed by atoms with Gasteiger partial charge in [0, 0.05) is 38.3 Å². The van der Waals surface area contributed by atoms with Gasteiger partial charge >= 0.3 is 0 Å². The van der Waals surface area contributed by atoms with Crippen LogP contribution < -0.4 is 10.6 Å². The van der Waals surface area contributed by atoms with E-state index < -0.39 is 0 Å². The second-order valence-corrected chi connectivity index (χ2v) is 7.45. The number of methoxy groups -OCH3 is 1. The minimum Gasteiger partial charge on any atom is -0.383 e. The summed E-state index contributed by atoms with van der Waals surface area (Å²) in [4.78, 5) is 7.38. The summed E-state index contributed by atoms with van der Waals surface area (Å²) < 4.78 is 5.20. The lowest BCUT2D eigenvalue weighted by Crippen LogP contribution is -2.50. The zero-order valence-electron chi connectivity index (χ0n) is 16.4. The molecule has 140 valence electrons. The van der Waals surface area contributed by atoms with Crippen molar-refractivity contribution >= 4 is 5.96 Å². The molecule has 1 atom stereocenters. The molecular formula is C20H34N4O. The fourth-order valence-corrected chi connectivity index (χ4v) is 3.23. The van der Waals surface area contributed by atoms with E-state index in [0.29, 0.717) is 6.61 Å². The van der Waals surface area contributed by atoms with E-state index in [2.05, 4.69) is 67.5 Å². The second-order valence-electron chi connectivity index (χ2n) is 7.45. The van der Waals surface area contributed by atoms with Gasteiger partial charge in [0.25, 0.3) is 0 Å². The summed E-state index contributed by atoms with van der Waals surface area (Å²) in [5, 5.41) is 6.73. The summed E-state index contributed by atoms with van der Waals surface area (Å²) >= 11 is 0. The lowest BCUT2D eigenvalue weighted by Gasteiger charge is -2.40. The van der Waals surface area contributed by atoms with Gasteiger partial charge in [0.2, 0.25) is 0 Å². The van der Waals surface area contributed by atoms with Gasteiger partial charge in [0.05, 0.1) is 13.2 Å². The fraction of sp³-hybridized carbons (Fsp3) is 0.650. The normalized spacial score (nSPS) is 17.1. The highest BCUT2D eigenvalue weighted by atomic mass is 16.5. The Morgan fingerprint density at radius 2 is 2.04 bits per heavy atom. The van der Waals surface area contributed by atoms with E-state index in [9.17, 15) is 0 Å². The molecule has 0 fully saturated rings. The Labute approximate surface area is 152 Å².